The molecule has 0 aromatic rings. The van der Waals surface area contributed by atoms with Gasteiger partial charge in [0.15, 0.2) is 0 Å². The SMILES string of the molecule is COC(OC)[SiH2]CCC1CCC(CC[SiH2]C(OC)OC)C(CC[SiH2]C(OC)OC)C1. The minimum absolute atomic E-state index is 0.0745. The first-order valence-corrected chi connectivity index (χ1v) is 17.2. The average Bonchev–Trinajstić information content (AvgIpc) is 2.78. The van der Waals surface area contributed by atoms with Gasteiger partial charge >= 0.3 is 0 Å². The molecule has 9 heteroatoms. The molecule has 1 rings (SSSR count). The maximum absolute atomic E-state index is 5.45. The molecule has 0 spiro atoms. The molecule has 0 bridgehead atoms. The second-order valence-electron chi connectivity index (χ2n) is 8.69. The second kappa shape index (κ2) is 17.9. The highest BCUT2D eigenvalue weighted by molar-refractivity contribution is 6.37. The Bertz CT molecular complexity index is 395. The summed E-state index contributed by atoms with van der Waals surface area (Å²) in [5.41, 5.74) is 0. The summed E-state index contributed by atoms with van der Waals surface area (Å²) in [5.74, 6) is 2.87. The van der Waals surface area contributed by atoms with E-state index in [0.717, 1.165) is 17.8 Å². The van der Waals surface area contributed by atoms with Gasteiger partial charge in [-0.05, 0) is 30.6 Å². The molecule has 1 aliphatic carbocycles. The Morgan fingerprint density at radius 1 is 0.567 bits per heavy atom. The summed E-state index contributed by atoms with van der Waals surface area (Å²) in [7, 11) is 9.64. The minimum atomic E-state index is -0.334. The first-order valence-electron chi connectivity index (χ1n) is 11.8. The fourth-order valence-corrected chi connectivity index (χ4v) is 9.83. The fourth-order valence-electron chi connectivity index (χ4n) is 5.08. The lowest BCUT2D eigenvalue weighted by Crippen LogP contribution is -2.29. The Kier molecular flexibility index (Phi) is 17.0. The molecule has 0 heterocycles. The maximum Gasteiger partial charge on any atom is 0.134 e. The Morgan fingerprint density at radius 3 is 1.40 bits per heavy atom. The van der Waals surface area contributed by atoms with E-state index in [1.165, 1.54) is 56.7 Å². The van der Waals surface area contributed by atoms with Crippen LogP contribution in [-0.4, -0.2) is 89.0 Å². The summed E-state index contributed by atoms with van der Waals surface area (Å²) < 4.78 is 32.6. The normalized spacial score (nSPS) is 23.7. The zero-order valence-corrected chi connectivity index (χ0v) is 24.6. The lowest BCUT2D eigenvalue weighted by Gasteiger charge is -2.37. The van der Waals surface area contributed by atoms with Gasteiger partial charge in [0, 0.05) is 42.7 Å². The van der Waals surface area contributed by atoms with E-state index < -0.39 is 0 Å². The van der Waals surface area contributed by atoms with Crippen LogP contribution in [0.2, 0.25) is 18.1 Å². The summed E-state index contributed by atoms with van der Waals surface area (Å²) in [4.78, 5) is 0. The summed E-state index contributed by atoms with van der Waals surface area (Å²) in [5, 5.41) is 0. The highest BCUT2D eigenvalue weighted by Crippen LogP contribution is 2.41. The predicted octanol–water partition coefficient (Wildman–Crippen LogP) is 1.68. The molecule has 6 nitrogen and oxygen atoms in total. The first-order chi connectivity index (χ1) is 14.6. The van der Waals surface area contributed by atoms with Crippen LogP contribution in [0.3, 0.4) is 0 Å². The molecule has 1 aliphatic rings. The van der Waals surface area contributed by atoms with Crippen molar-refractivity contribution >= 4 is 28.6 Å². The van der Waals surface area contributed by atoms with Gasteiger partial charge in [-0.25, -0.2) is 0 Å². The van der Waals surface area contributed by atoms with Gasteiger partial charge in [0.05, 0.1) is 28.6 Å². The van der Waals surface area contributed by atoms with E-state index in [0.29, 0.717) is 0 Å². The van der Waals surface area contributed by atoms with Crippen molar-refractivity contribution in [3.05, 3.63) is 0 Å². The van der Waals surface area contributed by atoms with Crippen LogP contribution >= 0.6 is 0 Å². The van der Waals surface area contributed by atoms with Gasteiger partial charge in [0.2, 0.25) is 0 Å². The van der Waals surface area contributed by atoms with Crippen molar-refractivity contribution in [3.63, 3.8) is 0 Å². The number of methoxy groups -OCH3 is 6. The first kappa shape index (κ1) is 28.4. The van der Waals surface area contributed by atoms with Gasteiger partial charge in [-0.1, -0.05) is 43.8 Å². The van der Waals surface area contributed by atoms with Crippen molar-refractivity contribution in [2.45, 2.75) is 74.4 Å². The molecular formula is C21H48O6Si3. The van der Waals surface area contributed by atoms with E-state index in [1.54, 1.807) is 42.7 Å². The third-order valence-corrected chi connectivity index (χ3v) is 12.8. The largest absolute Gasteiger partial charge is 0.360 e. The van der Waals surface area contributed by atoms with E-state index in [4.69, 9.17) is 28.4 Å². The molecule has 1 fully saturated rings. The fraction of sp³-hybridized carbons (Fsp3) is 1.00. The molecule has 180 valence electrons. The van der Waals surface area contributed by atoms with Crippen LogP contribution < -0.4 is 0 Å². The van der Waals surface area contributed by atoms with Crippen molar-refractivity contribution in [2.75, 3.05) is 42.7 Å². The predicted molar refractivity (Wildman–Crippen MR) is 132 cm³/mol. The number of ether oxygens (including phenoxy) is 6. The lowest BCUT2D eigenvalue weighted by atomic mass is 9.71. The zero-order chi connectivity index (χ0) is 22.2. The van der Waals surface area contributed by atoms with Gasteiger partial charge < -0.3 is 28.4 Å². The molecule has 3 unspecified atom stereocenters. The topological polar surface area (TPSA) is 55.4 Å². The highest BCUT2D eigenvalue weighted by Gasteiger charge is 2.30. The van der Waals surface area contributed by atoms with Crippen LogP contribution in [-0.2, 0) is 28.4 Å². The summed E-state index contributed by atoms with van der Waals surface area (Å²) in [6.45, 7) is 0. The van der Waals surface area contributed by atoms with Crippen molar-refractivity contribution in [3.8, 4) is 0 Å². The molecule has 0 radical (unpaired) electrons. The monoisotopic (exact) mass is 480 g/mol. The average molecular weight is 481 g/mol. The molecular weight excluding hydrogens is 432 g/mol. The van der Waals surface area contributed by atoms with E-state index in [2.05, 4.69) is 0 Å². The van der Waals surface area contributed by atoms with Crippen LogP contribution in [0.5, 0.6) is 0 Å². The van der Waals surface area contributed by atoms with Crippen LogP contribution in [0.15, 0.2) is 0 Å². The highest BCUT2D eigenvalue weighted by atomic mass is 28.2. The lowest BCUT2D eigenvalue weighted by molar-refractivity contribution is -0.0446. The third-order valence-electron chi connectivity index (χ3n) is 6.91. The summed E-state index contributed by atoms with van der Waals surface area (Å²) in [6.07, 6.45) is 8.27. The van der Waals surface area contributed by atoms with Gasteiger partial charge in [0.1, 0.15) is 17.7 Å². The van der Waals surface area contributed by atoms with Gasteiger partial charge in [-0.15, -0.1) is 0 Å². The summed E-state index contributed by atoms with van der Waals surface area (Å²) in [6, 6.07) is 3.97. The van der Waals surface area contributed by atoms with Crippen molar-refractivity contribution < 1.29 is 28.4 Å². The summed E-state index contributed by atoms with van der Waals surface area (Å²) >= 11 is 0. The Hall–Kier alpha value is 0.411. The smallest absolute Gasteiger partial charge is 0.134 e. The number of hydrogen-bond donors (Lipinski definition) is 0. The van der Waals surface area contributed by atoms with Crippen molar-refractivity contribution in [2.24, 2.45) is 17.8 Å². The van der Waals surface area contributed by atoms with E-state index in [-0.39, 0.29) is 46.3 Å². The molecule has 0 N–H and O–H groups in total. The molecule has 0 aromatic heterocycles. The van der Waals surface area contributed by atoms with Crippen LogP contribution in [0.4, 0.5) is 0 Å². The molecule has 3 atom stereocenters. The van der Waals surface area contributed by atoms with Gasteiger partial charge in [-0.2, -0.15) is 0 Å². The van der Waals surface area contributed by atoms with E-state index >= 15 is 0 Å². The molecule has 0 amide bonds. The Labute approximate surface area is 191 Å². The van der Waals surface area contributed by atoms with Crippen molar-refractivity contribution in [1.29, 1.82) is 0 Å². The van der Waals surface area contributed by atoms with Gasteiger partial charge in [-0.3, -0.25) is 0 Å². The van der Waals surface area contributed by atoms with E-state index in [9.17, 15) is 0 Å². The molecule has 0 saturated heterocycles. The van der Waals surface area contributed by atoms with Gasteiger partial charge in [0.25, 0.3) is 0 Å². The molecule has 0 aliphatic heterocycles. The van der Waals surface area contributed by atoms with Crippen LogP contribution in [0.1, 0.15) is 38.5 Å². The zero-order valence-electron chi connectivity index (χ0n) is 20.4. The van der Waals surface area contributed by atoms with Crippen molar-refractivity contribution in [1.82, 2.24) is 0 Å². The Morgan fingerprint density at radius 2 is 0.967 bits per heavy atom. The quantitative estimate of drug-likeness (QED) is 0.220. The molecule has 0 aromatic carbocycles. The maximum atomic E-state index is 5.45. The van der Waals surface area contributed by atoms with Crippen LogP contribution in [0.25, 0.3) is 0 Å². The third kappa shape index (κ3) is 11.3. The standard InChI is InChI=1S/C21H48O6Si3/c1-22-19(23-2)28-12-9-16-7-8-17(10-13-29-20(24-3)25-4)18(15-16)11-14-30-21(26-5)27-6/h16-21H,7-15,28-30H2,1-6H3. The number of rotatable bonds is 18. The molecule has 30 heavy (non-hydrogen) atoms. The minimum Gasteiger partial charge on any atom is -0.360 e. The Balaban J connectivity index is 2.51. The van der Waals surface area contributed by atoms with Crippen LogP contribution in [0, 0.1) is 17.8 Å². The van der Waals surface area contributed by atoms with E-state index in [1.807, 2.05) is 0 Å². The second-order valence-corrected chi connectivity index (χ2v) is 14.5. The molecule has 1 saturated carbocycles. The number of hydrogen-bond acceptors (Lipinski definition) is 6.